The van der Waals surface area contributed by atoms with Crippen LogP contribution in [-0.4, -0.2) is 43.3 Å². The number of hydrogen-bond donors (Lipinski definition) is 1. The van der Waals surface area contributed by atoms with Gasteiger partial charge in [0.1, 0.15) is 19.9 Å². The Morgan fingerprint density at radius 2 is 2.10 bits per heavy atom. The standard InChI is InChI=1S/C21H25N3O4S3/c1-14(11-17-7-6-10-28-17)23-31(26,27)18-12-16(13-29-18)20-22-15(2)19(30-20)21(25)24-8-4-3-5-9-24/h6-7,10,12-14,23H,3-5,8-9,11H2,1-2H3/t14-/m1/s1. The van der Waals surface area contributed by atoms with Crippen molar-refractivity contribution in [1.29, 1.82) is 0 Å². The summed E-state index contributed by atoms with van der Waals surface area (Å²) in [4.78, 5) is 19.9. The van der Waals surface area contributed by atoms with Gasteiger partial charge in [0.15, 0.2) is 0 Å². The monoisotopic (exact) mass is 479 g/mol. The highest BCUT2D eigenvalue weighted by molar-refractivity contribution is 7.91. The third-order valence-electron chi connectivity index (χ3n) is 5.17. The number of aromatic nitrogens is 1. The molecule has 1 N–H and O–H groups in total. The van der Waals surface area contributed by atoms with Crippen LogP contribution in [0.5, 0.6) is 0 Å². The number of nitrogens with one attached hydrogen (secondary N) is 1. The lowest BCUT2D eigenvalue weighted by Crippen LogP contribution is -2.35. The summed E-state index contributed by atoms with van der Waals surface area (Å²) in [6.07, 6.45) is 5.28. The predicted octanol–water partition coefficient (Wildman–Crippen LogP) is 4.31. The highest BCUT2D eigenvalue weighted by Crippen LogP contribution is 2.33. The number of thiophene rings is 1. The number of furan rings is 1. The third kappa shape index (κ3) is 5.08. The van der Waals surface area contributed by atoms with E-state index in [2.05, 4.69) is 9.71 Å². The smallest absolute Gasteiger partial charge is 0.265 e. The number of carbonyl (C=O) groups is 1. The van der Waals surface area contributed by atoms with E-state index in [0.717, 1.165) is 55.0 Å². The summed E-state index contributed by atoms with van der Waals surface area (Å²) >= 11 is 2.48. The van der Waals surface area contributed by atoms with E-state index >= 15 is 0 Å². The zero-order valence-corrected chi connectivity index (χ0v) is 19.9. The highest BCUT2D eigenvalue weighted by Gasteiger charge is 2.25. The van der Waals surface area contributed by atoms with Crippen molar-refractivity contribution in [1.82, 2.24) is 14.6 Å². The minimum absolute atomic E-state index is 0.0254. The molecule has 1 aliphatic rings. The summed E-state index contributed by atoms with van der Waals surface area (Å²) in [5.74, 6) is 0.753. The van der Waals surface area contributed by atoms with Crippen LogP contribution in [0.1, 0.15) is 47.3 Å². The number of piperidine rings is 1. The Kier molecular flexibility index (Phi) is 6.61. The maximum absolute atomic E-state index is 12.9. The quantitative estimate of drug-likeness (QED) is 0.545. The molecule has 0 bridgehead atoms. The Bertz CT molecular complexity index is 1140. The van der Waals surface area contributed by atoms with Crippen molar-refractivity contribution < 1.29 is 17.6 Å². The predicted molar refractivity (Wildman–Crippen MR) is 122 cm³/mol. The molecular weight excluding hydrogens is 454 g/mol. The van der Waals surface area contributed by atoms with Gasteiger partial charge in [-0.2, -0.15) is 0 Å². The van der Waals surface area contributed by atoms with Gasteiger partial charge in [0.05, 0.1) is 12.0 Å². The average Bonchev–Trinajstić information content (AvgIpc) is 3.48. The topological polar surface area (TPSA) is 92.5 Å². The SMILES string of the molecule is Cc1nc(-c2csc(S(=O)(=O)N[C@H](C)Cc3ccco3)c2)sc1C(=O)N1CCCCC1. The Balaban J connectivity index is 1.48. The van der Waals surface area contributed by atoms with Crippen LogP contribution in [0.3, 0.4) is 0 Å². The molecule has 0 aliphatic carbocycles. The van der Waals surface area contributed by atoms with Crippen LogP contribution >= 0.6 is 22.7 Å². The molecule has 1 aliphatic heterocycles. The number of hydrogen-bond acceptors (Lipinski definition) is 7. The van der Waals surface area contributed by atoms with Crippen LogP contribution in [0.2, 0.25) is 0 Å². The summed E-state index contributed by atoms with van der Waals surface area (Å²) in [7, 11) is -3.66. The third-order valence-corrected chi connectivity index (χ3v) is 9.39. The van der Waals surface area contributed by atoms with Crippen LogP contribution in [-0.2, 0) is 16.4 Å². The number of amides is 1. The molecule has 3 aromatic heterocycles. The molecule has 1 atom stereocenters. The number of carbonyl (C=O) groups excluding carboxylic acids is 1. The highest BCUT2D eigenvalue weighted by atomic mass is 32.2. The zero-order valence-electron chi connectivity index (χ0n) is 17.5. The van der Waals surface area contributed by atoms with Crippen molar-refractivity contribution in [3.05, 3.63) is 46.2 Å². The maximum atomic E-state index is 12.9. The van der Waals surface area contributed by atoms with E-state index in [1.165, 1.54) is 11.3 Å². The molecule has 0 spiro atoms. The Labute approximate surface area is 190 Å². The number of sulfonamides is 1. The lowest BCUT2D eigenvalue weighted by atomic mass is 10.1. The van der Waals surface area contributed by atoms with Crippen molar-refractivity contribution in [2.24, 2.45) is 0 Å². The van der Waals surface area contributed by atoms with Gasteiger partial charge in [-0.15, -0.1) is 22.7 Å². The minimum atomic E-state index is -3.66. The van der Waals surface area contributed by atoms with Crippen LogP contribution in [0.4, 0.5) is 0 Å². The zero-order chi connectivity index (χ0) is 22.0. The van der Waals surface area contributed by atoms with Crippen molar-refractivity contribution >= 4 is 38.6 Å². The first-order valence-electron chi connectivity index (χ1n) is 10.2. The molecule has 166 valence electrons. The first-order chi connectivity index (χ1) is 14.8. The van der Waals surface area contributed by atoms with Crippen molar-refractivity contribution in [3.63, 3.8) is 0 Å². The lowest BCUT2D eigenvalue weighted by Gasteiger charge is -2.26. The number of likely N-dealkylation sites (tertiary alicyclic amines) is 1. The second kappa shape index (κ2) is 9.23. The van der Waals surface area contributed by atoms with Gasteiger partial charge in [-0.25, -0.2) is 18.1 Å². The molecule has 10 heteroatoms. The lowest BCUT2D eigenvalue weighted by molar-refractivity contribution is 0.0728. The normalized spacial score (nSPS) is 15.9. The van der Waals surface area contributed by atoms with Gasteiger partial charge in [0.2, 0.25) is 10.0 Å². The number of aryl methyl sites for hydroxylation is 1. The number of nitrogens with zero attached hydrogens (tertiary/aromatic N) is 2. The van der Waals surface area contributed by atoms with Gasteiger partial charge in [0, 0.05) is 36.5 Å². The first kappa shape index (κ1) is 22.2. The largest absolute Gasteiger partial charge is 0.469 e. The van der Waals surface area contributed by atoms with Gasteiger partial charge in [-0.05, 0) is 51.3 Å². The maximum Gasteiger partial charge on any atom is 0.265 e. The van der Waals surface area contributed by atoms with E-state index in [9.17, 15) is 13.2 Å². The van der Waals surface area contributed by atoms with E-state index < -0.39 is 10.0 Å². The van der Waals surface area contributed by atoms with Gasteiger partial charge in [0.25, 0.3) is 5.91 Å². The fourth-order valence-corrected chi connectivity index (χ4v) is 7.14. The molecule has 0 radical (unpaired) electrons. The van der Waals surface area contributed by atoms with E-state index in [4.69, 9.17) is 4.42 Å². The van der Waals surface area contributed by atoms with Gasteiger partial charge < -0.3 is 9.32 Å². The van der Waals surface area contributed by atoms with Crippen LogP contribution < -0.4 is 4.72 Å². The second-order valence-corrected chi connectivity index (χ2v) is 11.6. The van der Waals surface area contributed by atoms with E-state index in [1.807, 2.05) is 17.9 Å². The number of thiazole rings is 1. The van der Waals surface area contributed by atoms with Crippen molar-refractivity contribution in [2.75, 3.05) is 13.1 Å². The minimum Gasteiger partial charge on any atom is -0.469 e. The van der Waals surface area contributed by atoms with Crippen LogP contribution in [0.25, 0.3) is 10.6 Å². The number of rotatable bonds is 7. The van der Waals surface area contributed by atoms with E-state index in [-0.39, 0.29) is 16.2 Å². The summed E-state index contributed by atoms with van der Waals surface area (Å²) in [5, 5.41) is 2.44. The van der Waals surface area contributed by atoms with E-state index in [1.54, 1.807) is 30.7 Å². The molecule has 31 heavy (non-hydrogen) atoms. The summed E-state index contributed by atoms with van der Waals surface area (Å²) in [6.45, 7) is 5.21. The molecule has 1 fully saturated rings. The van der Waals surface area contributed by atoms with Crippen LogP contribution in [0, 0.1) is 6.92 Å². The van der Waals surface area contributed by atoms with Gasteiger partial charge >= 0.3 is 0 Å². The molecule has 1 amide bonds. The summed E-state index contributed by atoms with van der Waals surface area (Å²) < 4.78 is 33.8. The van der Waals surface area contributed by atoms with Crippen LogP contribution in [0.15, 0.2) is 38.5 Å². The summed E-state index contributed by atoms with van der Waals surface area (Å²) in [6, 6.07) is 4.92. The molecular formula is C21H25N3O4S3. The molecule has 7 nitrogen and oxygen atoms in total. The molecule has 4 heterocycles. The molecule has 1 saturated heterocycles. The second-order valence-electron chi connectivity index (χ2n) is 7.75. The molecule has 0 saturated carbocycles. The molecule has 0 unspecified atom stereocenters. The average molecular weight is 480 g/mol. The summed E-state index contributed by atoms with van der Waals surface area (Å²) in [5.41, 5.74) is 1.41. The fraction of sp³-hybridized carbons (Fsp3) is 0.429. The first-order valence-corrected chi connectivity index (χ1v) is 13.4. The molecule has 0 aromatic carbocycles. The van der Waals surface area contributed by atoms with Gasteiger partial charge in [-0.1, -0.05) is 0 Å². The van der Waals surface area contributed by atoms with Crippen molar-refractivity contribution in [2.45, 2.75) is 49.8 Å². The Morgan fingerprint density at radius 3 is 2.81 bits per heavy atom. The van der Waals surface area contributed by atoms with E-state index in [0.29, 0.717) is 22.0 Å². The Morgan fingerprint density at radius 1 is 1.32 bits per heavy atom. The van der Waals surface area contributed by atoms with Crippen molar-refractivity contribution in [3.8, 4) is 10.6 Å². The fourth-order valence-electron chi connectivity index (χ4n) is 3.62. The Hall–Kier alpha value is -2.01. The molecule has 4 rings (SSSR count). The van der Waals surface area contributed by atoms with Gasteiger partial charge in [-0.3, -0.25) is 4.79 Å². The molecule has 3 aromatic rings.